The lowest BCUT2D eigenvalue weighted by Crippen LogP contribution is -2.15. The highest BCUT2D eigenvalue weighted by Gasteiger charge is 2.07. The zero-order valence-corrected chi connectivity index (χ0v) is 10.7. The number of aromatic amines is 1. The number of hydrogen-bond acceptors (Lipinski definition) is 3. The summed E-state index contributed by atoms with van der Waals surface area (Å²) in [6.07, 6.45) is 4.98. The van der Waals surface area contributed by atoms with Crippen molar-refractivity contribution < 1.29 is 0 Å². The van der Waals surface area contributed by atoms with Crippen LogP contribution in [0.4, 0.5) is 0 Å². The van der Waals surface area contributed by atoms with Crippen molar-refractivity contribution in [3.63, 3.8) is 0 Å². The largest absolute Gasteiger partial charge is 0.331 e. The molecule has 6 nitrogen and oxygen atoms in total. The molecule has 0 saturated heterocycles. The minimum Gasteiger partial charge on any atom is -0.312 e. The Labute approximate surface area is 109 Å². The molecule has 3 aromatic rings. The molecular formula is C13H13N5O. The van der Waals surface area contributed by atoms with Crippen LogP contribution in [0, 0.1) is 6.92 Å². The molecule has 6 heteroatoms. The lowest BCUT2D eigenvalue weighted by Gasteiger charge is -2.03. The van der Waals surface area contributed by atoms with E-state index < -0.39 is 0 Å². The van der Waals surface area contributed by atoms with Gasteiger partial charge in [-0.2, -0.15) is 5.10 Å². The van der Waals surface area contributed by atoms with E-state index in [1.807, 2.05) is 36.9 Å². The van der Waals surface area contributed by atoms with Gasteiger partial charge in [0.1, 0.15) is 5.82 Å². The quantitative estimate of drug-likeness (QED) is 0.749. The third-order valence-electron chi connectivity index (χ3n) is 2.94. The SMILES string of the molecule is Cc1cc(-c2ccc(-n3cc[nH]c3=O)nc2)n(C)n1. The van der Waals surface area contributed by atoms with Crippen LogP contribution in [0.15, 0.2) is 41.6 Å². The number of aryl methyl sites for hydroxylation is 2. The molecule has 19 heavy (non-hydrogen) atoms. The topological polar surface area (TPSA) is 68.5 Å². The Kier molecular flexibility index (Phi) is 2.56. The van der Waals surface area contributed by atoms with Crippen LogP contribution in [0.1, 0.15) is 5.69 Å². The Morgan fingerprint density at radius 3 is 2.68 bits per heavy atom. The van der Waals surface area contributed by atoms with Crippen molar-refractivity contribution in [1.29, 1.82) is 0 Å². The van der Waals surface area contributed by atoms with Gasteiger partial charge in [0.15, 0.2) is 0 Å². The van der Waals surface area contributed by atoms with E-state index in [2.05, 4.69) is 15.1 Å². The van der Waals surface area contributed by atoms with Crippen LogP contribution in [-0.2, 0) is 7.05 Å². The minimum absolute atomic E-state index is 0.198. The molecule has 96 valence electrons. The van der Waals surface area contributed by atoms with E-state index in [-0.39, 0.29) is 5.69 Å². The van der Waals surface area contributed by atoms with Crippen LogP contribution in [-0.4, -0.2) is 24.3 Å². The van der Waals surface area contributed by atoms with Gasteiger partial charge in [0.05, 0.1) is 11.4 Å². The lowest BCUT2D eigenvalue weighted by atomic mass is 10.2. The molecule has 0 spiro atoms. The second kappa shape index (κ2) is 4.24. The number of imidazole rings is 1. The molecule has 0 fully saturated rings. The first kappa shape index (κ1) is 11.5. The number of nitrogens with zero attached hydrogens (tertiary/aromatic N) is 4. The summed E-state index contributed by atoms with van der Waals surface area (Å²) < 4.78 is 3.27. The lowest BCUT2D eigenvalue weighted by molar-refractivity contribution is 0.763. The molecule has 0 amide bonds. The minimum atomic E-state index is -0.198. The molecule has 0 saturated carbocycles. The van der Waals surface area contributed by atoms with E-state index in [9.17, 15) is 4.79 Å². The molecule has 0 aliphatic heterocycles. The maximum absolute atomic E-state index is 11.5. The predicted octanol–water partition coefficient (Wildman–Crippen LogP) is 1.27. The molecule has 0 aromatic carbocycles. The molecule has 0 aliphatic rings. The van der Waals surface area contributed by atoms with Gasteiger partial charge in [-0.05, 0) is 25.1 Å². The molecule has 3 aromatic heterocycles. The van der Waals surface area contributed by atoms with Crippen LogP contribution in [0.2, 0.25) is 0 Å². The normalized spacial score (nSPS) is 10.8. The summed E-state index contributed by atoms with van der Waals surface area (Å²) in [5, 5.41) is 4.30. The molecule has 0 atom stereocenters. The van der Waals surface area contributed by atoms with Crippen molar-refractivity contribution in [1.82, 2.24) is 24.3 Å². The predicted molar refractivity (Wildman–Crippen MR) is 71.1 cm³/mol. The van der Waals surface area contributed by atoms with Gasteiger partial charge < -0.3 is 4.98 Å². The van der Waals surface area contributed by atoms with Gasteiger partial charge >= 0.3 is 5.69 Å². The van der Waals surface area contributed by atoms with Gasteiger partial charge in [-0.1, -0.05) is 0 Å². The number of aromatic nitrogens is 5. The second-order valence-corrected chi connectivity index (χ2v) is 4.33. The Morgan fingerprint density at radius 1 is 1.32 bits per heavy atom. The third kappa shape index (κ3) is 1.97. The van der Waals surface area contributed by atoms with E-state index >= 15 is 0 Å². The Balaban J connectivity index is 2.02. The Morgan fingerprint density at radius 2 is 2.16 bits per heavy atom. The van der Waals surface area contributed by atoms with Gasteiger partial charge in [0.2, 0.25) is 0 Å². The average Bonchev–Trinajstić information content (AvgIpc) is 2.96. The summed E-state index contributed by atoms with van der Waals surface area (Å²) >= 11 is 0. The smallest absolute Gasteiger partial charge is 0.312 e. The zero-order valence-electron chi connectivity index (χ0n) is 10.7. The highest BCUT2D eigenvalue weighted by Crippen LogP contribution is 2.19. The van der Waals surface area contributed by atoms with Crippen LogP contribution in [0.25, 0.3) is 17.1 Å². The van der Waals surface area contributed by atoms with Crippen molar-refractivity contribution >= 4 is 0 Å². The zero-order chi connectivity index (χ0) is 13.4. The first-order valence-corrected chi connectivity index (χ1v) is 5.88. The molecule has 0 bridgehead atoms. The van der Waals surface area contributed by atoms with Gasteiger partial charge in [0, 0.05) is 31.2 Å². The molecule has 3 rings (SSSR count). The monoisotopic (exact) mass is 255 g/mol. The molecule has 1 N–H and O–H groups in total. The van der Waals surface area contributed by atoms with Crippen molar-refractivity contribution in [2.45, 2.75) is 6.92 Å². The number of H-pyrrole nitrogens is 1. The summed E-state index contributed by atoms with van der Waals surface area (Å²) in [6, 6.07) is 5.74. The van der Waals surface area contributed by atoms with E-state index in [0.717, 1.165) is 17.0 Å². The standard InChI is InChI=1S/C13H13N5O/c1-9-7-11(17(2)16-9)10-3-4-12(15-8-10)18-6-5-14-13(18)19/h3-8H,1-2H3,(H,14,19). The van der Waals surface area contributed by atoms with E-state index in [0.29, 0.717) is 5.82 Å². The van der Waals surface area contributed by atoms with Crippen molar-refractivity contribution in [2.24, 2.45) is 7.05 Å². The summed E-state index contributed by atoms with van der Waals surface area (Å²) in [5.41, 5.74) is 2.73. The van der Waals surface area contributed by atoms with Crippen molar-refractivity contribution in [2.75, 3.05) is 0 Å². The first-order chi connectivity index (χ1) is 9.15. The number of rotatable bonds is 2. The fourth-order valence-electron chi connectivity index (χ4n) is 2.06. The fourth-order valence-corrected chi connectivity index (χ4v) is 2.06. The highest BCUT2D eigenvalue weighted by atomic mass is 16.1. The fraction of sp³-hybridized carbons (Fsp3) is 0.154. The van der Waals surface area contributed by atoms with Crippen molar-refractivity contribution in [3.8, 4) is 17.1 Å². The molecule has 0 radical (unpaired) electrons. The maximum Gasteiger partial charge on any atom is 0.331 e. The summed E-state index contributed by atoms with van der Waals surface area (Å²) in [6.45, 7) is 1.95. The van der Waals surface area contributed by atoms with E-state index in [1.54, 1.807) is 18.6 Å². The average molecular weight is 255 g/mol. The van der Waals surface area contributed by atoms with E-state index in [1.165, 1.54) is 4.57 Å². The molecule has 0 unspecified atom stereocenters. The summed E-state index contributed by atoms with van der Waals surface area (Å²) in [4.78, 5) is 18.4. The Bertz CT molecular complexity index is 763. The first-order valence-electron chi connectivity index (χ1n) is 5.88. The second-order valence-electron chi connectivity index (χ2n) is 4.33. The number of hydrogen-bond donors (Lipinski definition) is 1. The van der Waals surface area contributed by atoms with Crippen LogP contribution < -0.4 is 5.69 Å². The van der Waals surface area contributed by atoms with E-state index in [4.69, 9.17) is 0 Å². The molecule has 0 aliphatic carbocycles. The van der Waals surface area contributed by atoms with Crippen molar-refractivity contribution in [3.05, 3.63) is 53.0 Å². The number of pyridine rings is 1. The van der Waals surface area contributed by atoms with Crippen LogP contribution >= 0.6 is 0 Å². The van der Waals surface area contributed by atoms with Gasteiger partial charge in [-0.15, -0.1) is 0 Å². The third-order valence-corrected chi connectivity index (χ3v) is 2.94. The van der Waals surface area contributed by atoms with Crippen LogP contribution in [0.3, 0.4) is 0 Å². The summed E-state index contributed by atoms with van der Waals surface area (Å²) in [7, 11) is 1.90. The highest BCUT2D eigenvalue weighted by molar-refractivity contribution is 5.59. The van der Waals surface area contributed by atoms with Gasteiger partial charge in [0.25, 0.3) is 0 Å². The van der Waals surface area contributed by atoms with Gasteiger partial charge in [-0.25, -0.2) is 9.78 Å². The molecular weight excluding hydrogens is 242 g/mol. The molecule has 3 heterocycles. The number of nitrogens with one attached hydrogen (secondary N) is 1. The summed E-state index contributed by atoms with van der Waals surface area (Å²) in [5.74, 6) is 0.592. The van der Waals surface area contributed by atoms with Crippen LogP contribution in [0.5, 0.6) is 0 Å². The Hall–Kier alpha value is -2.63. The van der Waals surface area contributed by atoms with Gasteiger partial charge in [-0.3, -0.25) is 9.25 Å². The maximum atomic E-state index is 11.5.